The second-order valence-electron chi connectivity index (χ2n) is 5.26. The van der Waals surface area contributed by atoms with Gasteiger partial charge in [0.15, 0.2) is 0 Å². The van der Waals surface area contributed by atoms with Crippen LogP contribution in [0, 0.1) is 19.7 Å². The Morgan fingerprint density at radius 3 is 2.33 bits per heavy atom. The summed E-state index contributed by atoms with van der Waals surface area (Å²) in [5, 5.41) is 0. The average molecular weight is 282 g/mol. The molecule has 1 aliphatic heterocycles. The molecule has 0 bridgehead atoms. The summed E-state index contributed by atoms with van der Waals surface area (Å²) in [6.45, 7) is 3.93. The molecule has 0 fully saturated rings. The van der Waals surface area contributed by atoms with E-state index in [0.29, 0.717) is 16.7 Å². The van der Waals surface area contributed by atoms with E-state index in [1.54, 1.807) is 19.1 Å². The predicted molar refractivity (Wildman–Crippen MR) is 80.1 cm³/mol. The highest BCUT2D eigenvalue weighted by molar-refractivity contribution is 6.27. The molecule has 0 amide bonds. The summed E-state index contributed by atoms with van der Waals surface area (Å²) in [5.74, 6) is -0.711. The number of esters is 1. The number of benzene rings is 2. The molecule has 0 aromatic heterocycles. The first-order valence-electron chi connectivity index (χ1n) is 6.80. The first-order chi connectivity index (χ1) is 10.1. The highest BCUT2D eigenvalue weighted by Gasteiger charge is 2.27. The van der Waals surface area contributed by atoms with Crippen LogP contribution in [-0.2, 0) is 9.53 Å². The second kappa shape index (κ2) is 5.17. The fourth-order valence-electron chi connectivity index (χ4n) is 2.43. The van der Waals surface area contributed by atoms with Crippen molar-refractivity contribution < 1.29 is 13.9 Å². The molecule has 3 rings (SSSR count). The molecule has 2 nitrogen and oxygen atoms in total. The van der Waals surface area contributed by atoms with Gasteiger partial charge in [-0.15, -0.1) is 0 Å². The molecule has 0 aliphatic carbocycles. The quantitative estimate of drug-likeness (QED) is 0.781. The molecule has 0 saturated carbocycles. The second-order valence-corrected chi connectivity index (χ2v) is 5.26. The van der Waals surface area contributed by atoms with Crippen LogP contribution >= 0.6 is 0 Å². The molecule has 2 aromatic rings. The van der Waals surface area contributed by atoms with Crippen molar-refractivity contribution in [2.45, 2.75) is 13.8 Å². The Balaban J connectivity index is 2.14. The van der Waals surface area contributed by atoms with E-state index in [1.165, 1.54) is 6.07 Å². The van der Waals surface area contributed by atoms with Crippen molar-refractivity contribution in [1.82, 2.24) is 0 Å². The van der Waals surface area contributed by atoms with E-state index >= 15 is 0 Å². The summed E-state index contributed by atoms with van der Waals surface area (Å²) in [5.41, 5.74) is 4.47. The maximum atomic E-state index is 13.8. The average Bonchev–Trinajstić information content (AvgIpc) is 2.85. The van der Waals surface area contributed by atoms with Gasteiger partial charge >= 0.3 is 5.97 Å². The minimum Gasteiger partial charge on any atom is -0.457 e. The molecular weight excluding hydrogens is 267 g/mol. The summed E-state index contributed by atoms with van der Waals surface area (Å²) in [4.78, 5) is 12.0. The van der Waals surface area contributed by atoms with Gasteiger partial charge in [-0.05, 0) is 36.6 Å². The van der Waals surface area contributed by atoms with E-state index in [9.17, 15) is 9.18 Å². The number of rotatable bonds is 2. The minimum absolute atomic E-state index is 0.229. The maximum absolute atomic E-state index is 13.8. The van der Waals surface area contributed by atoms with Crippen LogP contribution in [0.1, 0.15) is 22.3 Å². The molecule has 106 valence electrons. The molecule has 0 radical (unpaired) electrons. The molecule has 0 atom stereocenters. The standard InChI is InChI=1S/C18H15FO2/c1-11-3-6-13(7-4-11)15-10-21-18(20)17(15)14-8-5-12(2)16(19)9-14/h3-9H,10H2,1-2H3. The van der Waals surface area contributed by atoms with Gasteiger partial charge in [0.2, 0.25) is 0 Å². The van der Waals surface area contributed by atoms with Gasteiger partial charge in [-0.3, -0.25) is 0 Å². The molecule has 2 aromatic carbocycles. The van der Waals surface area contributed by atoms with Crippen LogP contribution in [0.25, 0.3) is 11.1 Å². The molecular formula is C18H15FO2. The lowest BCUT2D eigenvalue weighted by atomic mass is 9.95. The van der Waals surface area contributed by atoms with Crippen LogP contribution in [0.4, 0.5) is 4.39 Å². The number of hydrogen-bond donors (Lipinski definition) is 0. The van der Waals surface area contributed by atoms with E-state index in [4.69, 9.17) is 4.74 Å². The van der Waals surface area contributed by atoms with Crippen LogP contribution < -0.4 is 0 Å². The molecule has 0 unspecified atom stereocenters. The monoisotopic (exact) mass is 282 g/mol. The van der Waals surface area contributed by atoms with Crippen LogP contribution in [-0.4, -0.2) is 12.6 Å². The Morgan fingerprint density at radius 1 is 1.00 bits per heavy atom. The van der Waals surface area contributed by atoms with Crippen molar-refractivity contribution >= 4 is 17.1 Å². The molecule has 1 aliphatic rings. The largest absolute Gasteiger partial charge is 0.457 e. The highest BCUT2D eigenvalue weighted by Crippen LogP contribution is 2.33. The van der Waals surface area contributed by atoms with Crippen LogP contribution in [0.2, 0.25) is 0 Å². The predicted octanol–water partition coefficient (Wildman–Crippen LogP) is 3.91. The topological polar surface area (TPSA) is 26.3 Å². The van der Waals surface area contributed by atoms with Gasteiger partial charge in [0.25, 0.3) is 0 Å². The normalized spacial score (nSPS) is 14.5. The Morgan fingerprint density at radius 2 is 1.67 bits per heavy atom. The molecule has 21 heavy (non-hydrogen) atoms. The summed E-state index contributed by atoms with van der Waals surface area (Å²) in [6.07, 6.45) is 0. The fraction of sp³-hybridized carbons (Fsp3) is 0.167. The third-order valence-electron chi connectivity index (χ3n) is 3.71. The van der Waals surface area contributed by atoms with Gasteiger partial charge in [0.05, 0.1) is 5.57 Å². The van der Waals surface area contributed by atoms with Crippen molar-refractivity contribution in [3.05, 3.63) is 70.5 Å². The number of aryl methyl sites for hydroxylation is 2. The number of carbonyl (C=O) groups is 1. The van der Waals surface area contributed by atoms with Crippen molar-refractivity contribution in [3.8, 4) is 0 Å². The number of ether oxygens (including phenoxy) is 1. The Kier molecular flexibility index (Phi) is 3.34. The molecule has 0 saturated heterocycles. The van der Waals surface area contributed by atoms with Gasteiger partial charge in [0.1, 0.15) is 12.4 Å². The van der Waals surface area contributed by atoms with Gasteiger partial charge in [-0.25, -0.2) is 9.18 Å². The zero-order valence-corrected chi connectivity index (χ0v) is 11.9. The molecule has 3 heteroatoms. The first-order valence-corrected chi connectivity index (χ1v) is 6.80. The van der Waals surface area contributed by atoms with Crippen LogP contribution in [0.3, 0.4) is 0 Å². The smallest absolute Gasteiger partial charge is 0.339 e. The number of hydrogen-bond acceptors (Lipinski definition) is 2. The number of carbonyl (C=O) groups excluding carboxylic acids is 1. The summed E-state index contributed by atoms with van der Waals surface area (Å²) in [7, 11) is 0. The Labute approximate surface area is 122 Å². The minimum atomic E-state index is -0.395. The Hall–Kier alpha value is -2.42. The van der Waals surface area contributed by atoms with Gasteiger partial charge in [-0.2, -0.15) is 0 Å². The van der Waals surface area contributed by atoms with E-state index in [0.717, 1.165) is 16.7 Å². The third-order valence-corrected chi connectivity index (χ3v) is 3.71. The lowest BCUT2D eigenvalue weighted by molar-refractivity contribution is -0.133. The lowest BCUT2D eigenvalue weighted by Crippen LogP contribution is -1.99. The van der Waals surface area contributed by atoms with Crippen molar-refractivity contribution in [2.75, 3.05) is 6.61 Å². The van der Waals surface area contributed by atoms with Crippen molar-refractivity contribution in [1.29, 1.82) is 0 Å². The SMILES string of the molecule is Cc1ccc(C2=C(c3ccc(C)c(F)c3)C(=O)OC2)cc1. The lowest BCUT2D eigenvalue weighted by Gasteiger charge is -2.06. The zero-order chi connectivity index (χ0) is 15.0. The van der Waals surface area contributed by atoms with E-state index < -0.39 is 5.97 Å². The van der Waals surface area contributed by atoms with Crippen molar-refractivity contribution in [3.63, 3.8) is 0 Å². The first kappa shape index (κ1) is 13.6. The van der Waals surface area contributed by atoms with Gasteiger partial charge in [-0.1, -0.05) is 42.0 Å². The highest BCUT2D eigenvalue weighted by atomic mass is 19.1. The molecule has 1 heterocycles. The van der Waals surface area contributed by atoms with E-state index in [-0.39, 0.29) is 12.4 Å². The van der Waals surface area contributed by atoms with E-state index in [2.05, 4.69) is 0 Å². The zero-order valence-electron chi connectivity index (χ0n) is 11.9. The number of halogens is 1. The number of cyclic esters (lactones) is 1. The summed E-state index contributed by atoms with van der Waals surface area (Å²) < 4.78 is 18.9. The van der Waals surface area contributed by atoms with E-state index in [1.807, 2.05) is 31.2 Å². The van der Waals surface area contributed by atoms with Gasteiger partial charge in [0, 0.05) is 5.57 Å². The third kappa shape index (κ3) is 2.47. The summed E-state index contributed by atoms with van der Waals surface area (Å²) >= 11 is 0. The maximum Gasteiger partial charge on any atom is 0.339 e. The van der Waals surface area contributed by atoms with Gasteiger partial charge < -0.3 is 4.74 Å². The van der Waals surface area contributed by atoms with Crippen LogP contribution in [0.15, 0.2) is 42.5 Å². The fourth-order valence-corrected chi connectivity index (χ4v) is 2.43. The molecule has 0 spiro atoms. The summed E-state index contributed by atoms with van der Waals surface area (Å²) in [6, 6.07) is 12.7. The van der Waals surface area contributed by atoms with Crippen molar-refractivity contribution in [2.24, 2.45) is 0 Å². The molecule has 0 N–H and O–H groups in total. The van der Waals surface area contributed by atoms with Crippen LogP contribution in [0.5, 0.6) is 0 Å². The Bertz CT molecular complexity index is 742.